The molecule has 1 aromatic heterocycles. The maximum absolute atomic E-state index is 11.5. The maximum atomic E-state index is 11.5. The second-order valence-electron chi connectivity index (χ2n) is 4.50. The summed E-state index contributed by atoms with van der Waals surface area (Å²) in [5.74, 6) is 1.43. The zero-order valence-electron chi connectivity index (χ0n) is 9.93. The Balaban J connectivity index is 2.14. The smallest absolute Gasteiger partial charge is 0.337 e. The van der Waals surface area contributed by atoms with Gasteiger partial charge >= 0.3 is 5.97 Å². The molecule has 1 aliphatic rings. The summed E-state index contributed by atoms with van der Waals surface area (Å²) in [7, 11) is 3.40. The minimum Gasteiger partial charge on any atom is -0.465 e. The number of ether oxygens (including phenoxy) is 1. The Morgan fingerprint density at radius 2 is 2.24 bits per heavy atom. The number of methoxy groups -OCH3 is 1. The van der Waals surface area contributed by atoms with E-state index in [1.54, 1.807) is 6.07 Å². The first-order chi connectivity index (χ1) is 8.20. The second kappa shape index (κ2) is 3.58. The van der Waals surface area contributed by atoms with Gasteiger partial charge in [-0.15, -0.1) is 0 Å². The van der Waals surface area contributed by atoms with Crippen LogP contribution in [0, 0.1) is 0 Å². The molecule has 4 heteroatoms. The molecule has 0 N–H and O–H groups in total. The highest BCUT2D eigenvalue weighted by Gasteiger charge is 2.28. The Morgan fingerprint density at radius 1 is 1.47 bits per heavy atom. The van der Waals surface area contributed by atoms with Gasteiger partial charge in [-0.2, -0.15) is 0 Å². The number of esters is 1. The van der Waals surface area contributed by atoms with Crippen LogP contribution in [0.4, 0.5) is 0 Å². The van der Waals surface area contributed by atoms with Gasteiger partial charge in [-0.1, -0.05) is 0 Å². The summed E-state index contributed by atoms with van der Waals surface area (Å²) >= 11 is 0. The number of imidazole rings is 1. The Morgan fingerprint density at radius 3 is 2.88 bits per heavy atom. The molecule has 0 saturated heterocycles. The molecule has 0 spiro atoms. The van der Waals surface area contributed by atoms with Crippen LogP contribution >= 0.6 is 0 Å². The first-order valence-corrected chi connectivity index (χ1v) is 5.75. The van der Waals surface area contributed by atoms with Crippen molar-refractivity contribution in [3.63, 3.8) is 0 Å². The molecule has 1 heterocycles. The van der Waals surface area contributed by atoms with E-state index in [1.807, 2.05) is 19.2 Å². The average Bonchev–Trinajstić information content (AvgIpc) is 3.14. The van der Waals surface area contributed by atoms with Gasteiger partial charge in [-0.25, -0.2) is 9.78 Å². The minimum absolute atomic E-state index is 0.305. The lowest BCUT2D eigenvalue weighted by Crippen LogP contribution is -2.01. The Labute approximate surface area is 99.2 Å². The fourth-order valence-corrected chi connectivity index (χ4v) is 2.16. The molecule has 3 rings (SSSR count). The van der Waals surface area contributed by atoms with Gasteiger partial charge in [0.1, 0.15) is 5.82 Å². The average molecular weight is 230 g/mol. The number of benzene rings is 1. The van der Waals surface area contributed by atoms with E-state index < -0.39 is 0 Å². The third kappa shape index (κ3) is 1.60. The van der Waals surface area contributed by atoms with Gasteiger partial charge in [0.2, 0.25) is 0 Å². The molecule has 1 aromatic carbocycles. The second-order valence-corrected chi connectivity index (χ2v) is 4.50. The van der Waals surface area contributed by atoms with Crippen LogP contribution in [0.5, 0.6) is 0 Å². The highest BCUT2D eigenvalue weighted by atomic mass is 16.5. The molecule has 0 unspecified atom stereocenters. The molecular formula is C13H14N2O2. The van der Waals surface area contributed by atoms with E-state index in [9.17, 15) is 4.79 Å². The zero-order chi connectivity index (χ0) is 12.0. The Bertz CT molecular complexity index is 597. The molecule has 4 nitrogen and oxygen atoms in total. The molecule has 0 atom stereocenters. The molecule has 17 heavy (non-hydrogen) atoms. The van der Waals surface area contributed by atoms with Crippen molar-refractivity contribution in [3.05, 3.63) is 29.6 Å². The van der Waals surface area contributed by atoms with E-state index in [2.05, 4.69) is 9.55 Å². The number of carbonyl (C=O) groups is 1. The molecule has 1 aliphatic carbocycles. The van der Waals surface area contributed by atoms with E-state index in [0.29, 0.717) is 11.5 Å². The summed E-state index contributed by atoms with van der Waals surface area (Å²) in [4.78, 5) is 16.1. The number of carbonyl (C=O) groups excluding carboxylic acids is 1. The number of aryl methyl sites for hydroxylation is 1. The van der Waals surface area contributed by atoms with Crippen molar-refractivity contribution in [1.29, 1.82) is 0 Å². The summed E-state index contributed by atoms with van der Waals surface area (Å²) in [6, 6.07) is 5.49. The van der Waals surface area contributed by atoms with Crippen LogP contribution in [0.15, 0.2) is 18.2 Å². The predicted octanol–water partition coefficient (Wildman–Crippen LogP) is 2.24. The first-order valence-electron chi connectivity index (χ1n) is 5.75. The minimum atomic E-state index is -0.305. The van der Waals surface area contributed by atoms with Crippen molar-refractivity contribution in [2.75, 3.05) is 7.11 Å². The molecule has 0 bridgehead atoms. The fraction of sp³-hybridized carbons (Fsp3) is 0.385. The highest BCUT2D eigenvalue weighted by Crippen LogP contribution is 2.40. The molecule has 0 radical (unpaired) electrons. The van der Waals surface area contributed by atoms with E-state index in [4.69, 9.17) is 4.74 Å². The Kier molecular flexibility index (Phi) is 2.18. The van der Waals surface area contributed by atoms with Crippen LogP contribution in [0.3, 0.4) is 0 Å². The van der Waals surface area contributed by atoms with Crippen molar-refractivity contribution in [3.8, 4) is 0 Å². The molecule has 2 aromatic rings. The van der Waals surface area contributed by atoms with Gasteiger partial charge in [-0.3, -0.25) is 0 Å². The van der Waals surface area contributed by atoms with E-state index in [1.165, 1.54) is 20.0 Å². The van der Waals surface area contributed by atoms with Crippen LogP contribution < -0.4 is 0 Å². The zero-order valence-corrected chi connectivity index (χ0v) is 9.93. The van der Waals surface area contributed by atoms with E-state index in [-0.39, 0.29) is 5.97 Å². The highest BCUT2D eigenvalue weighted by molar-refractivity contribution is 5.93. The van der Waals surface area contributed by atoms with Gasteiger partial charge in [0.15, 0.2) is 0 Å². The van der Waals surface area contributed by atoms with Crippen molar-refractivity contribution in [1.82, 2.24) is 9.55 Å². The topological polar surface area (TPSA) is 44.1 Å². The standard InChI is InChI=1S/C13H14N2O2/c1-15-11-7-9(13(16)17-2)5-6-10(11)14-12(15)8-3-4-8/h5-8H,3-4H2,1-2H3. The van der Waals surface area contributed by atoms with Gasteiger partial charge < -0.3 is 9.30 Å². The molecule has 1 fully saturated rings. The van der Waals surface area contributed by atoms with Gasteiger partial charge in [0.25, 0.3) is 0 Å². The summed E-state index contributed by atoms with van der Waals surface area (Å²) < 4.78 is 6.81. The monoisotopic (exact) mass is 230 g/mol. The van der Waals surface area contributed by atoms with Crippen molar-refractivity contribution in [2.45, 2.75) is 18.8 Å². The number of aromatic nitrogens is 2. The molecule has 88 valence electrons. The van der Waals surface area contributed by atoms with Gasteiger partial charge in [0, 0.05) is 13.0 Å². The lowest BCUT2D eigenvalue weighted by Gasteiger charge is -2.01. The van der Waals surface area contributed by atoms with Crippen LogP contribution in [-0.2, 0) is 11.8 Å². The SMILES string of the molecule is COC(=O)c1ccc2nc(C3CC3)n(C)c2c1. The van der Waals surface area contributed by atoms with Crippen LogP contribution in [0.2, 0.25) is 0 Å². The third-order valence-corrected chi connectivity index (χ3v) is 3.28. The number of hydrogen-bond acceptors (Lipinski definition) is 3. The number of hydrogen-bond donors (Lipinski definition) is 0. The van der Waals surface area contributed by atoms with Crippen LogP contribution in [0.1, 0.15) is 34.9 Å². The Hall–Kier alpha value is -1.84. The first kappa shape index (κ1) is 10.3. The molecule has 0 amide bonds. The summed E-state index contributed by atoms with van der Waals surface area (Å²) in [6.07, 6.45) is 2.45. The normalized spacial score (nSPS) is 15.2. The predicted molar refractivity (Wildman–Crippen MR) is 64.0 cm³/mol. The lowest BCUT2D eigenvalue weighted by atomic mass is 10.2. The van der Waals surface area contributed by atoms with Gasteiger partial charge in [-0.05, 0) is 31.0 Å². The van der Waals surface area contributed by atoms with Crippen molar-refractivity contribution >= 4 is 17.0 Å². The third-order valence-electron chi connectivity index (χ3n) is 3.28. The van der Waals surface area contributed by atoms with Crippen molar-refractivity contribution < 1.29 is 9.53 Å². The summed E-state index contributed by atoms with van der Waals surface area (Å²) in [6.45, 7) is 0. The number of nitrogens with zero attached hydrogens (tertiary/aromatic N) is 2. The van der Waals surface area contributed by atoms with E-state index >= 15 is 0 Å². The number of rotatable bonds is 2. The number of fused-ring (bicyclic) bond motifs is 1. The quantitative estimate of drug-likeness (QED) is 0.743. The fourth-order valence-electron chi connectivity index (χ4n) is 2.16. The van der Waals surface area contributed by atoms with E-state index in [0.717, 1.165) is 16.9 Å². The van der Waals surface area contributed by atoms with Crippen LogP contribution in [-0.4, -0.2) is 22.6 Å². The lowest BCUT2D eigenvalue weighted by molar-refractivity contribution is 0.0601. The molecular weight excluding hydrogens is 216 g/mol. The van der Waals surface area contributed by atoms with Crippen molar-refractivity contribution in [2.24, 2.45) is 7.05 Å². The summed E-state index contributed by atoms with van der Waals surface area (Å²) in [5, 5.41) is 0. The maximum Gasteiger partial charge on any atom is 0.337 e. The van der Waals surface area contributed by atoms with Crippen LogP contribution in [0.25, 0.3) is 11.0 Å². The summed E-state index contributed by atoms with van der Waals surface area (Å²) in [5.41, 5.74) is 2.52. The van der Waals surface area contributed by atoms with Gasteiger partial charge in [0.05, 0.1) is 23.7 Å². The molecule has 1 saturated carbocycles. The molecule has 0 aliphatic heterocycles. The largest absolute Gasteiger partial charge is 0.465 e.